The fourth-order valence-corrected chi connectivity index (χ4v) is 1.60. The van der Waals surface area contributed by atoms with Crippen LogP contribution < -0.4 is 0 Å². The predicted octanol–water partition coefficient (Wildman–Crippen LogP) is 1.94. The summed E-state index contributed by atoms with van der Waals surface area (Å²) >= 11 is 0. The topological polar surface area (TPSA) is 29.5 Å². The Morgan fingerprint density at radius 1 is 1.71 bits per heavy atom. The van der Waals surface area contributed by atoms with Crippen LogP contribution in [-0.2, 0) is 9.53 Å². The van der Waals surface area contributed by atoms with Gasteiger partial charge < -0.3 is 9.64 Å². The maximum Gasteiger partial charge on any atom is 0.224 e. The number of hydrogen-bond acceptors (Lipinski definition) is 2. The van der Waals surface area contributed by atoms with E-state index in [9.17, 15) is 4.79 Å². The largest absolute Gasteiger partial charge is 0.354 e. The van der Waals surface area contributed by atoms with Gasteiger partial charge in [-0.3, -0.25) is 4.79 Å². The number of carbonyl (C=O) groups excluding carboxylic acids is 1. The van der Waals surface area contributed by atoms with E-state index in [-0.39, 0.29) is 12.0 Å². The quantitative estimate of drug-likeness (QED) is 0.644. The van der Waals surface area contributed by atoms with Crippen LogP contribution in [0.15, 0.2) is 12.2 Å². The molecule has 14 heavy (non-hydrogen) atoms. The molecule has 0 radical (unpaired) electrons. The summed E-state index contributed by atoms with van der Waals surface area (Å²) in [5.41, 5.74) is 0. The average molecular weight is 197 g/mol. The maximum absolute atomic E-state index is 11.4. The van der Waals surface area contributed by atoms with Crippen LogP contribution in [0.2, 0.25) is 0 Å². The van der Waals surface area contributed by atoms with E-state index in [2.05, 4.69) is 6.92 Å². The van der Waals surface area contributed by atoms with Crippen LogP contribution in [0.4, 0.5) is 0 Å². The first kappa shape index (κ1) is 11.2. The first-order chi connectivity index (χ1) is 6.65. The van der Waals surface area contributed by atoms with Crippen molar-refractivity contribution in [1.29, 1.82) is 0 Å². The van der Waals surface area contributed by atoms with Crippen molar-refractivity contribution in [2.24, 2.45) is 0 Å². The van der Waals surface area contributed by atoms with Gasteiger partial charge in [0.05, 0.1) is 6.10 Å². The Labute approximate surface area is 85.7 Å². The normalized spacial score (nSPS) is 24.9. The lowest BCUT2D eigenvalue weighted by Gasteiger charge is -2.22. The zero-order valence-electron chi connectivity index (χ0n) is 9.19. The van der Waals surface area contributed by atoms with Crippen LogP contribution in [-0.4, -0.2) is 29.7 Å². The standard InChI is InChI=1S/C11H19NO2/c1-4-5-10(3)14-8-12-9(2)6-7-11(12)13/h4-5,9-10H,6-8H2,1-3H3/b5-4+/t9-,10+/m1/s1. The summed E-state index contributed by atoms with van der Waals surface area (Å²) in [6.45, 7) is 6.43. The Bertz CT molecular complexity index is 225. The van der Waals surface area contributed by atoms with Crippen molar-refractivity contribution >= 4 is 5.91 Å². The molecule has 0 bridgehead atoms. The molecule has 80 valence electrons. The number of amides is 1. The van der Waals surface area contributed by atoms with Crippen LogP contribution in [0.1, 0.15) is 33.6 Å². The molecule has 1 rings (SSSR count). The highest BCUT2D eigenvalue weighted by Crippen LogP contribution is 2.17. The lowest BCUT2D eigenvalue weighted by molar-refractivity contribution is -0.135. The van der Waals surface area contributed by atoms with Crippen molar-refractivity contribution in [1.82, 2.24) is 4.90 Å². The summed E-state index contributed by atoms with van der Waals surface area (Å²) in [6, 6.07) is 0.334. The Morgan fingerprint density at radius 2 is 2.43 bits per heavy atom. The van der Waals surface area contributed by atoms with Gasteiger partial charge in [0, 0.05) is 12.5 Å². The number of hydrogen-bond donors (Lipinski definition) is 0. The second kappa shape index (κ2) is 5.15. The molecular formula is C11H19NO2. The molecule has 3 nitrogen and oxygen atoms in total. The molecule has 0 spiro atoms. The van der Waals surface area contributed by atoms with Crippen LogP contribution in [0.3, 0.4) is 0 Å². The van der Waals surface area contributed by atoms with Crippen LogP contribution >= 0.6 is 0 Å². The fraction of sp³-hybridized carbons (Fsp3) is 0.727. The van der Waals surface area contributed by atoms with E-state index in [1.54, 1.807) is 4.90 Å². The first-order valence-corrected chi connectivity index (χ1v) is 5.19. The van der Waals surface area contributed by atoms with Gasteiger partial charge in [-0.1, -0.05) is 12.2 Å². The molecule has 1 heterocycles. The summed E-state index contributed by atoms with van der Waals surface area (Å²) in [7, 11) is 0. The highest BCUT2D eigenvalue weighted by Gasteiger charge is 2.27. The Morgan fingerprint density at radius 3 is 2.93 bits per heavy atom. The summed E-state index contributed by atoms with van der Waals surface area (Å²) in [5.74, 6) is 0.213. The van der Waals surface area contributed by atoms with Crippen LogP contribution in [0, 0.1) is 0 Å². The number of carbonyl (C=O) groups is 1. The van der Waals surface area contributed by atoms with Crippen LogP contribution in [0.5, 0.6) is 0 Å². The van der Waals surface area contributed by atoms with Gasteiger partial charge in [-0.15, -0.1) is 0 Å². The van der Waals surface area contributed by atoms with E-state index in [1.807, 2.05) is 26.0 Å². The molecule has 0 N–H and O–H groups in total. The minimum atomic E-state index is 0.0839. The lowest BCUT2D eigenvalue weighted by Crippen LogP contribution is -2.34. The van der Waals surface area contributed by atoms with E-state index in [0.717, 1.165) is 6.42 Å². The minimum absolute atomic E-state index is 0.0839. The fourth-order valence-electron chi connectivity index (χ4n) is 1.60. The highest BCUT2D eigenvalue weighted by molar-refractivity contribution is 5.78. The zero-order chi connectivity index (χ0) is 10.6. The molecule has 2 atom stereocenters. The number of allylic oxidation sites excluding steroid dienone is 1. The van der Waals surface area contributed by atoms with Gasteiger partial charge in [-0.2, -0.15) is 0 Å². The van der Waals surface area contributed by atoms with E-state index >= 15 is 0 Å². The number of ether oxygens (including phenoxy) is 1. The molecule has 1 aliphatic heterocycles. The van der Waals surface area contributed by atoms with Crippen molar-refractivity contribution in [2.75, 3.05) is 6.73 Å². The van der Waals surface area contributed by atoms with E-state index in [4.69, 9.17) is 4.74 Å². The van der Waals surface area contributed by atoms with Gasteiger partial charge in [-0.25, -0.2) is 0 Å². The predicted molar refractivity (Wildman–Crippen MR) is 55.8 cm³/mol. The summed E-state index contributed by atoms with van der Waals surface area (Å²) in [6.07, 6.45) is 5.65. The zero-order valence-corrected chi connectivity index (χ0v) is 9.19. The average Bonchev–Trinajstić information content (AvgIpc) is 2.44. The third-order valence-electron chi connectivity index (χ3n) is 2.57. The number of likely N-dealkylation sites (tertiary alicyclic amines) is 1. The number of nitrogens with zero attached hydrogens (tertiary/aromatic N) is 1. The highest BCUT2D eigenvalue weighted by atomic mass is 16.5. The monoisotopic (exact) mass is 197 g/mol. The maximum atomic E-state index is 11.4. The molecule has 1 aliphatic rings. The third kappa shape index (κ3) is 2.84. The molecule has 0 aromatic rings. The lowest BCUT2D eigenvalue weighted by atomic mass is 10.2. The second-order valence-electron chi connectivity index (χ2n) is 3.78. The molecule has 0 aliphatic carbocycles. The molecule has 1 amide bonds. The van der Waals surface area contributed by atoms with Crippen molar-refractivity contribution in [2.45, 2.75) is 45.8 Å². The van der Waals surface area contributed by atoms with Crippen molar-refractivity contribution in [3.8, 4) is 0 Å². The van der Waals surface area contributed by atoms with Gasteiger partial charge in [-0.05, 0) is 27.2 Å². The smallest absolute Gasteiger partial charge is 0.224 e. The van der Waals surface area contributed by atoms with Crippen molar-refractivity contribution in [3.63, 3.8) is 0 Å². The molecule has 0 aromatic carbocycles. The molecular weight excluding hydrogens is 178 g/mol. The minimum Gasteiger partial charge on any atom is -0.354 e. The van der Waals surface area contributed by atoms with Crippen molar-refractivity contribution in [3.05, 3.63) is 12.2 Å². The van der Waals surface area contributed by atoms with Gasteiger partial charge in [0.2, 0.25) is 5.91 Å². The van der Waals surface area contributed by atoms with Gasteiger partial charge in [0.25, 0.3) is 0 Å². The molecule has 1 fully saturated rings. The molecule has 1 saturated heterocycles. The van der Waals surface area contributed by atoms with Gasteiger partial charge in [0.15, 0.2) is 0 Å². The number of rotatable bonds is 4. The molecule has 3 heteroatoms. The summed E-state index contributed by atoms with van der Waals surface area (Å²) in [4.78, 5) is 13.2. The van der Waals surface area contributed by atoms with E-state index in [0.29, 0.717) is 19.2 Å². The summed E-state index contributed by atoms with van der Waals surface area (Å²) < 4.78 is 5.53. The van der Waals surface area contributed by atoms with E-state index in [1.165, 1.54) is 0 Å². The van der Waals surface area contributed by atoms with Crippen molar-refractivity contribution < 1.29 is 9.53 Å². The Kier molecular flexibility index (Phi) is 4.14. The molecule has 0 aromatic heterocycles. The Balaban J connectivity index is 2.33. The first-order valence-electron chi connectivity index (χ1n) is 5.19. The SMILES string of the molecule is C/C=C/[C@H](C)OCN1C(=O)CC[C@H]1C. The summed E-state index contributed by atoms with van der Waals surface area (Å²) in [5, 5.41) is 0. The van der Waals surface area contributed by atoms with Crippen LogP contribution in [0.25, 0.3) is 0 Å². The van der Waals surface area contributed by atoms with E-state index < -0.39 is 0 Å². The molecule has 0 saturated carbocycles. The molecule has 0 unspecified atom stereocenters. The third-order valence-corrected chi connectivity index (χ3v) is 2.57. The Hall–Kier alpha value is -0.830. The second-order valence-corrected chi connectivity index (χ2v) is 3.78. The van der Waals surface area contributed by atoms with Gasteiger partial charge >= 0.3 is 0 Å². The van der Waals surface area contributed by atoms with Gasteiger partial charge in [0.1, 0.15) is 6.73 Å².